The number of hydrogen-bond acceptors (Lipinski definition) is 4. The number of methoxy groups -OCH3 is 1. The van der Waals surface area contributed by atoms with Crippen LogP contribution in [-0.2, 0) is 25.8 Å². The normalized spacial score (nSPS) is 19.2. The molecule has 0 saturated carbocycles. The lowest BCUT2D eigenvalue weighted by atomic mass is 9.79. The van der Waals surface area contributed by atoms with Gasteiger partial charge in [0.15, 0.2) is 0 Å². The Hall–Kier alpha value is -2.98. The summed E-state index contributed by atoms with van der Waals surface area (Å²) in [4.78, 5) is 1.71. The highest BCUT2D eigenvalue weighted by molar-refractivity contribution is 5.60. The monoisotopic (exact) mass is 468 g/mol. The van der Waals surface area contributed by atoms with Crippen LogP contribution in [0.3, 0.4) is 0 Å². The zero-order chi connectivity index (χ0) is 32.6. The maximum Gasteiger partial charge on any atom is 0.120 e. The van der Waals surface area contributed by atoms with Crippen molar-refractivity contribution in [2.24, 2.45) is 0 Å². The number of phenols is 1. The molecule has 0 amide bonds. The highest BCUT2D eigenvalue weighted by Crippen LogP contribution is 2.40. The lowest BCUT2D eigenvalue weighted by molar-refractivity contribution is 0.414. The van der Waals surface area contributed by atoms with Gasteiger partial charge in [0, 0.05) is 24.8 Å². The van der Waals surface area contributed by atoms with Crippen LogP contribution < -0.4 is 15.0 Å². The lowest BCUT2D eigenvalue weighted by Crippen LogP contribution is -2.25. The van der Waals surface area contributed by atoms with Crippen molar-refractivity contribution < 1.29 is 23.6 Å². The number of hydrogen-bond donors (Lipinski definition) is 2. The summed E-state index contributed by atoms with van der Waals surface area (Å²) >= 11 is 0. The molecular weight excluding hydrogens is 420 g/mol. The fourth-order valence-corrected chi connectivity index (χ4v) is 4.30. The Balaban J connectivity index is 1.87. The number of rotatable bonds is 10. The van der Waals surface area contributed by atoms with Crippen LogP contribution in [0.4, 0.5) is 5.69 Å². The fourth-order valence-electron chi connectivity index (χ4n) is 4.30. The van der Waals surface area contributed by atoms with Gasteiger partial charge in [-0.05, 0) is 97.6 Å². The van der Waals surface area contributed by atoms with Crippen LogP contribution in [0.5, 0.6) is 11.5 Å². The second-order valence-electron chi connectivity index (χ2n) is 8.37. The molecule has 0 radical (unpaired) electrons. The minimum atomic E-state index is -0.537. The molecule has 180 valence electrons. The van der Waals surface area contributed by atoms with Crippen LogP contribution in [0.2, 0.25) is 0 Å². The molecule has 0 unspecified atom stereocenters. The first kappa shape index (κ1) is 14.4. The van der Waals surface area contributed by atoms with Crippen LogP contribution in [-0.4, -0.2) is 31.9 Å². The molecule has 0 aliphatic heterocycles. The molecule has 1 aliphatic rings. The van der Waals surface area contributed by atoms with E-state index in [0.717, 1.165) is 0 Å². The molecule has 4 rings (SSSR count). The number of ether oxygens (including phenoxy) is 1. The van der Waals surface area contributed by atoms with Gasteiger partial charge in [-0.1, -0.05) is 43.2 Å². The first-order valence-corrected chi connectivity index (χ1v) is 11.8. The van der Waals surface area contributed by atoms with Gasteiger partial charge in [0.1, 0.15) is 11.5 Å². The summed E-state index contributed by atoms with van der Waals surface area (Å²) in [7, 11) is 1.32. The number of benzene rings is 3. The predicted octanol–water partition coefficient (Wildman–Crippen LogP) is 5.85. The first-order chi connectivity index (χ1) is 20.8. The average Bonchev–Trinajstić information content (AvgIpc) is 3.02. The summed E-state index contributed by atoms with van der Waals surface area (Å²) in [6.45, 7) is 5.17. The van der Waals surface area contributed by atoms with E-state index in [1.54, 1.807) is 4.90 Å². The molecule has 0 bridgehead atoms. The Morgan fingerprint density at radius 1 is 1.03 bits per heavy atom. The van der Waals surface area contributed by atoms with Crippen LogP contribution in [0, 0.1) is 0 Å². The van der Waals surface area contributed by atoms with Gasteiger partial charge in [-0.15, -0.1) is 0 Å². The third-order valence-corrected chi connectivity index (χ3v) is 6.15. The van der Waals surface area contributed by atoms with Gasteiger partial charge in [-0.2, -0.15) is 0 Å². The van der Waals surface area contributed by atoms with E-state index in [9.17, 15) is 5.11 Å². The van der Waals surface area contributed by atoms with Crippen molar-refractivity contribution in [1.29, 1.82) is 0 Å². The third-order valence-electron chi connectivity index (χ3n) is 6.15. The number of anilines is 1. The lowest BCUT2D eigenvalue weighted by Gasteiger charge is -2.32. The smallest absolute Gasteiger partial charge is 0.120 e. The quantitative estimate of drug-likeness (QED) is 0.366. The van der Waals surface area contributed by atoms with E-state index >= 15 is 0 Å². The van der Waals surface area contributed by atoms with E-state index in [-0.39, 0.29) is 90.9 Å². The molecule has 2 N–H and O–H groups in total. The van der Waals surface area contributed by atoms with Crippen LogP contribution in [0.1, 0.15) is 67.7 Å². The van der Waals surface area contributed by atoms with Crippen molar-refractivity contribution in [2.75, 3.05) is 31.6 Å². The van der Waals surface area contributed by atoms with Gasteiger partial charge < -0.3 is 20.1 Å². The van der Waals surface area contributed by atoms with E-state index in [4.69, 9.17) is 18.4 Å². The maximum atomic E-state index is 10.2. The third kappa shape index (κ3) is 5.74. The Labute approximate surface area is 218 Å². The molecule has 3 aromatic rings. The molecule has 34 heavy (non-hydrogen) atoms. The van der Waals surface area contributed by atoms with Gasteiger partial charge >= 0.3 is 0 Å². The van der Waals surface area contributed by atoms with Gasteiger partial charge in [0.05, 0.1) is 20.8 Å². The molecule has 3 aromatic carbocycles. The molecule has 1 atom stereocenters. The van der Waals surface area contributed by atoms with Crippen molar-refractivity contribution in [2.45, 2.75) is 52.0 Å². The second kappa shape index (κ2) is 11.4. The Kier molecular flexibility index (Phi) is 4.85. The summed E-state index contributed by atoms with van der Waals surface area (Å²) < 4.78 is 91.7. The summed E-state index contributed by atoms with van der Waals surface area (Å²) in [5.41, 5.74) is 2.00. The molecule has 0 aromatic heterocycles. The molecule has 0 heterocycles. The molecule has 0 saturated heterocycles. The molecule has 4 heteroatoms. The van der Waals surface area contributed by atoms with E-state index in [1.807, 2.05) is 13.8 Å². The van der Waals surface area contributed by atoms with E-state index < -0.39 is 17.7 Å². The largest absolute Gasteiger partial charge is 0.508 e. The maximum absolute atomic E-state index is 10.2. The van der Waals surface area contributed by atoms with Crippen molar-refractivity contribution in [1.82, 2.24) is 5.32 Å². The number of nitrogens with zero attached hydrogens (tertiary/aromatic N) is 1. The van der Waals surface area contributed by atoms with Gasteiger partial charge in [-0.25, -0.2) is 0 Å². The number of fused-ring (bicyclic) bond motifs is 1. The molecule has 1 aliphatic carbocycles. The Morgan fingerprint density at radius 2 is 1.82 bits per heavy atom. The number of likely N-dealkylation sites (N-methyl/N-ethyl adjacent to an activating group) is 1. The highest BCUT2D eigenvalue weighted by atomic mass is 16.5. The van der Waals surface area contributed by atoms with Crippen LogP contribution >= 0.6 is 0 Å². The van der Waals surface area contributed by atoms with Gasteiger partial charge in [0.2, 0.25) is 0 Å². The van der Waals surface area contributed by atoms with Crippen LogP contribution in [0.15, 0.2) is 60.4 Å². The van der Waals surface area contributed by atoms with E-state index in [1.165, 1.54) is 7.11 Å². The Bertz CT molecular complexity index is 1570. The SMILES string of the molecule is [2H]c1c([2H])c2c(c([2H])c1O)CC[C@@H](c1c([2H])c([2H])c(OC)c([2H])c1N(CC)Cc1c([2H])c([2H])c(CCNCC)c([2H])c1[2H])C2. The van der Waals surface area contributed by atoms with Crippen molar-refractivity contribution >= 4 is 5.69 Å². The average molecular weight is 469 g/mol. The van der Waals surface area contributed by atoms with E-state index in [2.05, 4.69) is 5.32 Å². The topological polar surface area (TPSA) is 44.7 Å². The van der Waals surface area contributed by atoms with Crippen LogP contribution in [0.25, 0.3) is 0 Å². The highest BCUT2D eigenvalue weighted by Gasteiger charge is 2.24. The number of phenolic OH excluding ortho intramolecular Hbond substituents is 1. The standard InChI is InChI=1S/C30H38N2O2/c1-4-31-17-16-22-6-8-23(9-7-22)21-32(5-2)30-20-28(34-3)14-15-29(30)26-11-10-25-19-27(33)13-12-24(25)18-26/h6-9,12-15,19-20,26,31,33H,4-5,10-11,16-18,21H2,1-3H3/t26-/m1/s1/i6D,7D,8D,9D,12D,13D,14D,15D,19D,20D. The zero-order valence-electron chi connectivity index (χ0n) is 30.0. The fraction of sp³-hybridized carbons (Fsp3) is 0.400. The minimum absolute atomic E-state index is 0.0904. The number of aromatic hydroxyl groups is 1. The summed E-state index contributed by atoms with van der Waals surface area (Å²) in [5.74, 6) is -1.11. The molecular formula is C30H38N2O2. The van der Waals surface area contributed by atoms with Gasteiger partial charge in [0.25, 0.3) is 0 Å². The molecule has 4 nitrogen and oxygen atoms in total. The second-order valence-corrected chi connectivity index (χ2v) is 8.37. The van der Waals surface area contributed by atoms with E-state index in [0.29, 0.717) is 54.6 Å². The van der Waals surface area contributed by atoms with Crippen molar-refractivity contribution in [3.05, 3.63) is 88.2 Å². The Morgan fingerprint density at radius 3 is 2.56 bits per heavy atom. The number of nitrogens with one attached hydrogen (secondary N) is 1. The zero-order valence-corrected chi connectivity index (χ0v) is 20.0. The van der Waals surface area contributed by atoms with Crippen molar-refractivity contribution in [3.63, 3.8) is 0 Å². The molecule has 0 spiro atoms. The van der Waals surface area contributed by atoms with Gasteiger partial charge in [-0.3, -0.25) is 0 Å². The summed E-state index contributed by atoms with van der Waals surface area (Å²) in [6, 6.07) is -1.98. The first-order valence-electron chi connectivity index (χ1n) is 16.8. The summed E-state index contributed by atoms with van der Waals surface area (Å²) in [6.07, 6.45) is 1.20. The molecule has 0 fully saturated rings. The summed E-state index contributed by atoms with van der Waals surface area (Å²) in [5, 5.41) is 13.3. The minimum Gasteiger partial charge on any atom is -0.508 e. The predicted molar refractivity (Wildman–Crippen MR) is 141 cm³/mol. The van der Waals surface area contributed by atoms with Crippen molar-refractivity contribution in [3.8, 4) is 11.5 Å².